The molecule has 2 rings (SSSR count). The minimum Gasteiger partial charge on any atom is -0.390 e. The van der Waals surface area contributed by atoms with Crippen molar-refractivity contribution in [3.63, 3.8) is 0 Å². The van der Waals surface area contributed by atoms with Crippen LogP contribution in [0.1, 0.15) is 22.6 Å². The van der Waals surface area contributed by atoms with E-state index in [0.717, 1.165) is 16.7 Å². The first-order valence-electron chi connectivity index (χ1n) is 5.51. The van der Waals surface area contributed by atoms with Crippen LogP contribution in [0.15, 0.2) is 18.2 Å². The molecule has 1 aliphatic heterocycles. The van der Waals surface area contributed by atoms with E-state index in [2.05, 4.69) is 0 Å². The highest BCUT2D eigenvalue weighted by Crippen LogP contribution is 2.31. The van der Waals surface area contributed by atoms with Gasteiger partial charge in [-0.05, 0) is 30.5 Å². The van der Waals surface area contributed by atoms with Crippen LogP contribution >= 0.6 is 0 Å². The normalized spacial score (nSPS) is 25.2. The molecule has 3 heteroatoms. The van der Waals surface area contributed by atoms with Crippen molar-refractivity contribution in [2.24, 2.45) is 0 Å². The van der Waals surface area contributed by atoms with Crippen molar-refractivity contribution in [1.29, 1.82) is 0 Å². The maximum Gasteiger partial charge on any atom is 0.232 e. The molecule has 0 spiro atoms. The maximum atomic E-state index is 11.9. The van der Waals surface area contributed by atoms with Gasteiger partial charge in [0.2, 0.25) is 5.91 Å². The highest BCUT2D eigenvalue weighted by atomic mass is 16.3. The van der Waals surface area contributed by atoms with E-state index >= 15 is 0 Å². The number of hydrogen-bond donors (Lipinski definition) is 1. The number of carbonyl (C=O) groups is 1. The van der Waals surface area contributed by atoms with E-state index in [0.29, 0.717) is 6.54 Å². The molecule has 0 aromatic heterocycles. The van der Waals surface area contributed by atoms with E-state index in [1.165, 1.54) is 0 Å². The molecule has 0 bridgehead atoms. The predicted molar refractivity (Wildman–Crippen MR) is 62.3 cm³/mol. The SMILES string of the molecule is Cc1cccc(C2C(=O)N(C)CC2O)c1C. The Balaban J connectivity index is 2.45. The largest absolute Gasteiger partial charge is 0.390 e. The fourth-order valence-electron chi connectivity index (χ4n) is 2.33. The Kier molecular flexibility index (Phi) is 2.72. The van der Waals surface area contributed by atoms with Crippen molar-refractivity contribution in [1.82, 2.24) is 4.90 Å². The topological polar surface area (TPSA) is 40.5 Å². The molecule has 0 radical (unpaired) electrons. The van der Waals surface area contributed by atoms with Crippen LogP contribution in [-0.2, 0) is 4.79 Å². The Hall–Kier alpha value is -1.35. The number of likely N-dealkylation sites (N-methyl/N-ethyl adjacent to an activating group) is 1. The lowest BCUT2D eigenvalue weighted by Crippen LogP contribution is -2.22. The van der Waals surface area contributed by atoms with E-state index < -0.39 is 6.10 Å². The van der Waals surface area contributed by atoms with Gasteiger partial charge in [-0.3, -0.25) is 4.79 Å². The third-order valence-electron chi connectivity index (χ3n) is 3.47. The van der Waals surface area contributed by atoms with Gasteiger partial charge in [0.05, 0.1) is 12.0 Å². The molecular weight excluding hydrogens is 202 g/mol. The average molecular weight is 219 g/mol. The first-order valence-corrected chi connectivity index (χ1v) is 5.51. The van der Waals surface area contributed by atoms with Crippen molar-refractivity contribution >= 4 is 5.91 Å². The molecule has 0 saturated carbocycles. The number of amides is 1. The number of aliphatic hydroxyl groups is 1. The van der Waals surface area contributed by atoms with Crippen molar-refractivity contribution in [2.75, 3.05) is 13.6 Å². The van der Waals surface area contributed by atoms with Gasteiger partial charge in [-0.25, -0.2) is 0 Å². The molecular formula is C13H17NO2. The monoisotopic (exact) mass is 219 g/mol. The summed E-state index contributed by atoms with van der Waals surface area (Å²) in [6, 6.07) is 5.90. The lowest BCUT2D eigenvalue weighted by molar-refractivity contribution is -0.128. The van der Waals surface area contributed by atoms with Gasteiger partial charge in [-0.15, -0.1) is 0 Å². The lowest BCUT2D eigenvalue weighted by atomic mass is 9.90. The van der Waals surface area contributed by atoms with Crippen molar-refractivity contribution in [3.8, 4) is 0 Å². The summed E-state index contributed by atoms with van der Waals surface area (Å²) in [7, 11) is 1.73. The molecule has 1 fully saturated rings. The van der Waals surface area contributed by atoms with E-state index in [1.807, 2.05) is 32.0 Å². The summed E-state index contributed by atoms with van der Waals surface area (Å²) < 4.78 is 0. The van der Waals surface area contributed by atoms with Crippen LogP contribution in [0.3, 0.4) is 0 Å². The number of aliphatic hydroxyl groups excluding tert-OH is 1. The standard InChI is InChI=1S/C13H17NO2/c1-8-5-4-6-10(9(8)2)12-11(15)7-14(3)13(12)16/h4-6,11-12,15H,7H2,1-3H3. The number of benzene rings is 1. The van der Waals surface area contributed by atoms with Crippen LogP contribution in [-0.4, -0.2) is 35.6 Å². The van der Waals surface area contributed by atoms with Crippen molar-refractivity contribution in [2.45, 2.75) is 25.9 Å². The van der Waals surface area contributed by atoms with Gasteiger partial charge in [0, 0.05) is 13.6 Å². The molecule has 1 aliphatic rings. The molecule has 1 N–H and O–H groups in total. The second-order valence-electron chi connectivity index (χ2n) is 4.55. The van der Waals surface area contributed by atoms with Crippen LogP contribution in [0, 0.1) is 13.8 Å². The number of likely N-dealkylation sites (tertiary alicyclic amines) is 1. The smallest absolute Gasteiger partial charge is 0.232 e. The Morgan fingerprint density at radius 2 is 2.06 bits per heavy atom. The molecule has 0 aliphatic carbocycles. The van der Waals surface area contributed by atoms with Crippen LogP contribution in [0.2, 0.25) is 0 Å². The maximum absolute atomic E-state index is 11.9. The Bertz CT molecular complexity index is 428. The zero-order valence-corrected chi connectivity index (χ0v) is 9.90. The summed E-state index contributed by atoms with van der Waals surface area (Å²) in [4.78, 5) is 13.5. The third-order valence-corrected chi connectivity index (χ3v) is 3.47. The molecule has 1 aromatic rings. The molecule has 3 nitrogen and oxygen atoms in total. The quantitative estimate of drug-likeness (QED) is 0.771. The van der Waals surface area contributed by atoms with E-state index in [4.69, 9.17) is 0 Å². The van der Waals surface area contributed by atoms with E-state index in [9.17, 15) is 9.90 Å². The predicted octanol–water partition coefficient (Wildman–Crippen LogP) is 1.22. The summed E-state index contributed by atoms with van der Waals surface area (Å²) in [5, 5.41) is 9.94. The van der Waals surface area contributed by atoms with Crippen molar-refractivity contribution < 1.29 is 9.90 Å². The molecule has 16 heavy (non-hydrogen) atoms. The fourth-order valence-corrected chi connectivity index (χ4v) is 2.33. The molecule has 1 heterocycles. The third kappa shape index (κ3) is 1.61. The number of nitrogens with zero attached hydrogens (tertiary/aromatic N) is 1. The molecule has 1 saturated heterocycles. The number of aryl methyl sites for hydroxylation is 1. The Morgan fingerprint density at radius 1 is 1.38 bits per heavy atom. The van der Waals surface area contributed by atoms with Gasteiger partial charge in [0.15, 0.2) is 0 Å². The molecule has 1 amide bonds. The van der Waals surface area contributed by atoms with Gasteiger partial charge >= 0.3 is 0 Å². The van der Waals surface area contributed by atoms with Gasteiger partial charge in [-0.1, -0.05) is 18.2 Å². The van der Waals surface area contributed by atoms with Crippen LogP contribution in [0.5, 0.6) is 0 Å². The molecule has 1 aromatic carbocycles. The van der Waals surface area contributed by atoms with E-state index in [-0.39, 0.29) is 11.8 Å². The van der Waals surface area contributed by atoms with Crippen molar-refractivity contribution in [3.05, 3.63) is 34.9 Å². The molecule has 86 valence electrons. The number of carbonyl (C=O) groups excluding carboxylic acids is 1. The first-order chi connectivity index (χ1) is 7.52. The summed E-state index contributed by atoms with van der Waals surface area (Å²) in [5.74, 6) is -0.369. The van der Waals surface area contributed by atoms with Crippen LogP contribution < -0.4 is 0 Å². The highest BCUT2D eigenvalue weighted by Gasteiger charge is 2.39. The van der Waals surface area contributed by atoms with E-state index in [1.54, 1.807) is 11.9 Å². The van der Waals surface area contributed by atoms with Gasteiger partial charge < -0.3 is 10.0 Å². The second kappa shape index (κ2) is 3.91. The summed E-state index contributed by atoms with van der Waals surface area (Å²) in [6.07, 6.45) is -0.585. The van der Waals surface area contributed by atoms with Gasteiger partial charge in [0.25, 0.3) is 0 Å². The highest BCUT2D eigenvalue weighted by molar-refractivity contribution is 5.87. The van der Waals surface area contributed by atoms with Gasteiger partial charge in [-0.2, -0.15) is 0 Å². The Morgan fingerprint density at radius 3 is 2.62 bits per heavy atom. The fraction of sp³-hybridized carbons (Fsp3) is 0.462. The lowest BCUT2D eigenvalue weighted by Gasteiger charge is -2.16. The van der Waals surface area contributed by atoms with Crippen LogP contribution in [0.25, 0.3) is 0 Å². The average Bonchev–Trinajstić information content (AvgIpc) is 2.47. The summed E-state index contributed by atoms with van der Waals surface area (Å²) in [6.45, 7) is 4.45. The van der Waals surface area contributed by atoms with Crippen LogP contribution in [0.4, 0.5) is 0 Å². The first kappa shape index (κ1) is 11.1. The second-order valence-corrected chi connectivity index (χ2v) is 4.55. The zero-order chi connectivity index (χ0) is 11.9. The number of hydrogen-bond acceptors (Lipinski definition) is 2. The minimum atomic E-state index is -0.585. The summed E-state index contributed by atoms with van der Waals surface area (Å²) >= 11 is 0. The zero-order valence-electron chi connectivity index (χ0n) is 9.90. The minimum absolute atomic E-state index is 0.0150. The number of rotatable bonds is 1. The molecule has 2 unspecified atom stereocenters. The summed E-state index contributed by atoms with van der Waals surface area (Å²) in [5.41, 5.74) is 3.23. The number of β-amino-alcohol motifs (C(OH)–C–C–N with tert-alkyl or cyclic N) is 1. The molecule has 2 atom stereocenters. The Labute approximate surface area is 95.7 Å². The van der Waals surface area contributed by atoms with Gasteiger partial charge in [0.1, 0.15) is 0 Å².